The molecule has 5 nitrogen and oxygen atoms in total. The third-order valence-electron chi connectivity index (χ3n) is 5.10. The molecule has 0 spiro atoms. The Hall–Kier alpha value is -2.14. The molecule has 0 bridgehead atoms. The molecule has 3 rings (SSSR count). The quantitative estimate of drug-likeness (QED) is 0.778. The Morgan fingerprint density at radius 3 is 2.64 bits per heavy atom. The lowest BCUT2D eigenvalue weighted by Crippen LogP contribution is -2.38. The lowest BCUT2D eigenvalue weighted by atomic mass is 10.1. The van der Waals surface area contributed by atoms with Gasteiger partial charge < -0.3 is 4.90 Å². The fraction of sp³-hybridized carbons (Fsp3) is 0.500. The van der Waals surface area contributed by atoms with E-state index in [1.54, 1.807) is 6.20 Å². The van der Waals surface area contributed by atoms with E-state index < -0.39 is 0 Å². The Morgan fingerprint density at radius 1 is 1.24 bits per heavy atom. The van der Waals surface area contributed by atoms with Gasteiger partial charge in [-0.3, -0.25) is 14.4 Å². The Bertz CT molecular complexity index is 662. The first-order valence-electron chi connectivity index (χ1n) is 9.31. The summed E-state index contributed by atoms with van der Waals surface area (Å²) in [6.45, 7) is 8.99. The maximum atomic E-state index is 12.9. The highest BCUT2D eigenvalue weighted by atomic mass is 16.2. The normalized spacial score (nSPS) is 17.4. The zero-order chi connectivity index (χ0) is 17.6. The topological polar surface area (TPSA) is 41.4 Å². The van der Waals surface area contributed by atoms with Crippen LogP contribution in [-0.2, 0) is 13.1 Å². The Kier molecular flexibility index (Phi) is 5.87. The number of benzene rings is 1. The van der Waals surface area contributed by atoms with Crippen LogP contribution in [0.2, 0.25) is 0 Å². The van der Waals surface area contributed by atoms with Gasteiger partial charge in [-0.25, -0.2) is 0 Å². The van der Waals surface area contributed by atoms with Crippen LogP contribution in [0.5, 0.6) is 0 Å². The standard InChI is InChI=1S/C20H28N4O/c1-3-22(4-2)15-17-8-10-18(11-9-17)20(25)24-14-5-7-19(24)16-23-13-6-12-21-23/h6,8-13,19H,3-5,7,14-16H2,1-2H3/t19-/m0/s1. The first-order valence-corrected chi connectivity index (χ1v) is 9.31. The van der Waals surface area contributed by atoms with E-state index in [1.165, 1.54) is 5.56 Å². The summed E-state index contributed by atoms with van der Waals surface area (Å²) in [5.74, 6) is 0.143. The fourth-order valence-electron chi connectivity index (χ4n) is 3.54. The summed E-state index contributed by atoms with van der Waals surface area (Å²) in [5, 5.41) is 4.28. The highest BCUT2D eigenvalue weighted by Gasteiger charge is 2.29. The minimum Gasteiger partial charge on any atom is -0.334 e. The largest absolute Gasteiger partial charge is 0.334 e. The second-order valence-electron chi connectivity index (χ2n) is 6.68. The van der Waals surface area contributed by atoms with Crippen molar-refractivity contribution < 1.29 is 4.79 Å². The summed E-state index contributed by atoms with van der Waals surface area (Å²) in [7, 11) is 0. The first kappa shape index (κ1) is 17.7. The van der Waals surface area contributed by atoms with Crippen LogP contribution < -0.4 is 0 Å². The van der Waals surface area contributed by atoms with Crippen molar-refractivity contribution in [1.82, 2.24) is 19.6 Å². The molecule has 1 amide bonds. The van der Waals surface area contributed by atoms with Gasteiger partial charge in [0.25, 0.3) is 5.91 Å². The molecule has 1 atom stereocenters. The maximum absolute atomic E-state index is 12.9. The highest BCUT2D eigenvalue weighted by molar-refractivity contribution is 5.94. The molecular weight excluding hydrogens is 312 g/mol. The SMILES string of the molecule is CCN(CC)Cc1ccc(C(=O)N2CCC[C@H]2Cn2cccn2)cc1. The molecule has 1 aromatic heterocycles. The highest BCUT2D eigenvalue weighted by Crippen LogP contribution is 2.22. The van der Waals surface area contributed by atoms with Crippen LogP contribution >= 0.6 is 0 Å². The van der Waals surface area contributed by atoms with E-state index in [0.29, 0.717) is 0 Å². The average molecular weight is 340 g/mol. The van der Waals surface area contributed by atoms with E-state index in [0.717, 1.165) is 51.1 Å². The molecule has 5 heteroatoms. The van der Waals surface area contributed by atoms with Crippen molar-refractivity contribution in [3.05, 3.63) is 53.9 Å². The molecule has 1 aliphatic heterocycles. The van der Waals surface area contributed by atoms with E-state index in [1.807, 2.05) is 34.0 Å². The molecule has 2 aromatic rings. The second-order valence-corrected chi connectivity index (χ2v) is 6.68. The molecule has 134 valence electrons. The number of aromatic nitrogens is 2. The lowest BCUT2D eigenvalue weighted by Gasteiger charge is -2.25. The monoisotopic (exact) mass is 340 g/mol. The molecule has 1 aliphatic rings. The zero-order valence-electron chi connectivity index (χ0n) is 15.3. The van der Waals surface area contributed by atoms with Gasteiger partial charge in [0.05, 0.1) is 12.6 Å². The van der Waals surface area contributed by atoms with Crippen LogP contribution in [0, 0.1) is 0 Å². The smallest absolute Gasteiger partial charge is 0.254 e. The summed E-state index contributed by atoms with van der Waals surface area (Å²) >= 11 is 0. The van der Waals surface area contributed by atoms with Crippen LogP contribution in [-0.4, -0.2) is 51.2 Å². The molecule has 1 fully saturated rings. The summed E-state index contributed by atoms with van der Waals surface area (Å²) in [5.41, 5.74) is 2.05. The third kappa shape index (κ3) is 4.28. The first-order chi connectivity index (χ1) is 12.2. The van der Waals surface area contributed by atoms with Crippen LogP contribution in [0.15, 0.2) is 42.7 Å². The number of likely N-dealkylation sites (tertiary alicyclic amines) is 1. The van der Waals surface area contributed by atoms with E-state index in [4.69, 9.17) is 0 Å². The van der Waals surface area contributed by atoms with Crippen molar-refractivity contribution in [2.75, 3.05) is 19.6 Å². The van der Waals surface area contributed by atoms with Gasteiger partial charge in [0.1, 0.15) is 0 Å². The molecule has 0 radical (unpaired) electrons. The summed E-state index contributed by atoms with van der Waals surface area (Å²) < 4.78 is 1.92. The van der Waals surface area contributed by atoms with Crippen molar-refractivity contribution in [3.63, 3.8) is 0 Å². The molecule has 0 aliphatic carbocycles. The predicted octanol–water partition coefficient (Wildman–Crippen LogP) is 3.03. The third-order valence-corrected chi connectivity index (χ3v) is 5.10. The van der Waals surface area contributed by atoms with Gasteiger partial charge in [-0.15, -0.1) is 0 Å². The number of carbonyl (C=O) groups is 1. The van der Waals surface area contributed by atoms with Crippen molar-refractivity contribution in [3.8, 4) is 0 Å². The zero-order valence-corrected chi connectivity index (χ0v) is 15.3. The molecule has 1 aromatic carbocycles. The van der Waals surface area contributed by atoms with Gasteiger partial charge in [0.15, 0.2) is 0 Å². The van der Waals surface area contributed by atoms with Crippen molar-refractivity contribution >= 4 is 5.91 Å². The Morgan fingerprint density at radius 2 is 2.00 bits per heavy atom. The Labute approximate surface area is 150 Å². The lowest BCUT2D eigenvalue weighted by molar-refractivity contribution is 0.0721. The number of hydrogen-bond donors (Lipinski definition) is 0. The van der Waals surface area contributed by atoms with E-state index in [9.17, 15) is 4.79 Å². The van der Waals surface area contributed by atoms with Gasteiger partial charge in [0, 0.05) is 31.0 Å². The van der Waals surface area contributed by atoms with Crippen LogP contribution in [0.3, 0.4) is 0 Å². The van der Waals surface area contributed by atoms with E-state index >= 15 is 0 Å². The molecule has 0 unspecified atom stereocenters. The van der Waals surface area contributed by atoms with Crippen molar-refractivity contribution in [1.29, 1.82) is 0 Å². The number of amides is 1. The molecule has 0 N–H and O–H groups in total. The summed E-state index contributed by atoms with van der Waals surface area (Å²) in [6, 6.07) is 10.3. The number of rotatable bonds is 7. The fourth-order valence-corrected chi connectivity index (χ4v) is 3.54. The summed E-state index contributed by atoms with van der Waals surface area (Å²) in [6.07, 6.45) is 5.86. The van der Waals surface area contributed by atoms with E-state index in [2.05, 4.69) is 36.0 Å². The minimum absolute atomic E-state index is 0.143. The Balaban J connectivity index is 1.65. The predicted molar refractivity (Wildman–Crippen MR) is 99.4 cm³/mol. The van der Waals surface area contributed by atoms with Gasteiger partial charge in [-0.05, 0) is 49.7 Å². The molecule has 0 saturated carbocycles. The molecule has 1 saturated heterocycles. The molecular formula is C20H28N4O. The van der Waals surface area contributed by atoms with Gasteiger partial charge in [0.2, 0.25) is 0 Å². The van der Waals surface area contributed by atoms with Gasteiger partial charge >= 0.3 is 0 Å². The van der Waals surface area contributed by atoms with Crippen molar-refractivity contribution in [2.24, 2.45) is 0 Å². The summed E-state index contributed by atoms with van der Waals surface area (Å²) in [4.78, 5) is 17.3. The van der Waals surface area contributed by atoms with Crippen LogP contribution in [0.25, 0.3) is 0 Å². The van der Waals surface area contributed by atoms with Gasteiger partial charge in [-0.1, -0.05) is 26.0 Å². The number of nitrogens with zero attached hydrogens (tertiary/aromatic N) is 4. The maximum Gasteiger partial charge on any atom is 0.254 e. The average Bonchev–Trinajstić information content (AvgIpc) is 3.32. The minimum atomic E-state index is 0.143. The van der Waals surface area contributed by atoms with Gasteiger partial charge in [-0.2, -0.15) is 5.10 Å². The van der Waals surface area contributed by atoms with Crippen molar-refractivity contribution in [2.45, 2.75) is 45.8 Å². The number of hydrogen-bond acceptors (Lipinski definition) is 3. The van der Waals surface area contributed by atoms with Crippen LogP contribution in [0.1, 0.15) is 42.6 Å². The van der Waals surface area contributed by atoms with E-state index in [-0.39, 0.29) is 11.9 Å². The second kappa shape index (κ2) is 8.30. The number of carbonyl (C=O) groups excluding carboxylic acids is 1. The van der Waals surface area contributed by atoms with Crippen LogP contribution in [0.4, 0.5) is 0 Å². The molecule has 2 heterocycles. The molecule has 25 heavy (non-hydrogen) atoms.